The van der Waals surface area contributed by atoms with Gasteiger partial charge in [0, 0.05) is 12.1 Å². The third-order valence-corrected chi connectivity index (χ3v) is 3.06. The van der Waals surface area contributed by atoms with E-state index >= 15 is 0 Å². The van der Waals surface area contributed by atoms with Gasteiger partial charge in [-0.25, -0.2) is 4.39 Å². The van der Waals surface area contributed by atoms with Gasteiger partial charge in [0.05, 0.1) is 21.6 Å². The molecule has 0 saturated carbocycles. The predicted molar refractivity (Wildman–Crippen MR) is 82.4 cm³/mol. The Labute approximate surface area is 142 Å². The fourth-order valence-electron chi connectivity index (χ4n) is 1.94. The SMILES string of the molecule is O=[N+]([O-])c1cc(C(F)(F)F)cc([N+](=O)[O-])c1N/N=C\c1cccc(F)c1. The van der Waals surface area contributed by atoms with Gasteiger partial charge in [0.2, 0.25) is 5.69 Å². The van der Waals surface area contributed by atoms with Gasteiger partial charge < -0.3 is 0 Å². The van der Waals surface area contributed by atoms with E-state index in [1.165, 1.54) is 12.1 Å². The van der Waals surface area contributed by atoms with Crippen LogP contribution in [0, 0.1) is 26.0 Å². The molecule has 0 heterocycles. The lowest BCUT2D eigenvalue weighted by Crippen LogP contribution is -2.09. The van der Waals surface area contributed by atoms with Crippen LogP contribution in [-0.2, 0) is 6.18 Å². The summed E-state index contributed by atoms with van der Waals surface area (Å²) >= 11 is 0. The van der Waals surface area contributed by atoms with E-state index in [1.807, 2.05) is 5.43 Å². The number of hydrogen-bond acceptors (Lipinski definition) is 6. The first-order valence-corrected chi connectivity index (χ1v) is 6.68. The molecule has 0 spiro atoms. The van der Waals surface area contributed by atoms with Crippen molar-refractivity contribution in [3.63, 3.8) is 0 Å². The fourth-order valence-corrected chi connectivity index (χ4v) is 1.94. The Bertz CT molecular complexity index is 864. The number of hydrazone groups is 1. The molecule has 0 amide bonds. The molecule has 0 aromatic heterocycles. The molecule has 0 atom stereocenters. The smallest absolute Gasteiger partial charge is 0.266 e. The summed E-state index contributed by atoms with van der Waals surface area (Å²) in [6, 6.07) is 5.29. The van der Waals surface area contributed by atoms with Crippen molar-refractivity contribution in [1.29, 1.82) is 0 Å². The minimum absolute atomic E-state index is 0.160. The van der Waals surface area contributed by atoms with E-state index < -0.39 is 44.5 Å². The molecule has 0 unspecified atom stereocenters. The van der Waals surface area contributed by atoms with Gasteiger partial charge in [-0.3, -0.25) is 25.7 Å². The number of nitro benzene ring substituents is 2. The normalized spacial score (nSPS) is 11.5. The van der Waals surface area contributed by atoms with Crippen LogP contribution < -0.4 is 5.43 Å². The van der Waals surface area contributed by atoms with Gasteiger partial charge in [0.1, 0.15) is 5.82 Å². The minimum Gasteiger partial charge on any atom is -0.266 e. The second kappa shape index (κ2) is 7.13. The molecule has 0 fully saturated rings. The van der Waals surface area contributed by atoms with E-state index in [0.717, 1.165) is 18.3 Å². The Hall–Kier alpha value is -3.57. The van der Waals surface area contributed by atoms with Crippen molar-refractivity contribution >= 4 is 23.3 Å². The van der Waals surface area contributed by atoms with Crippen molar-refractivity contribution in [3.05, 3.63) is 73.6 Å². The third kappa shape index (κ3) is 4.28. The molecule has 12 heteroatoms. The van der Waals surface area contributed by atoms with Gasteiger partial charge in [-0.05, 0) is 17.7 Å². The molecule has 0 saturated heterocycles. The Balaban J connectivity index is 2.48. The van der Waals surface area contributed by atoms with E-state index in [-0.39, 0.29) is 17.7 Å². The highest BCUT2D eigenvalue weighted by Gasteiger charge is 2.37. The number of nitro groups is 2. The Morgan fingerprint density at radius 3 is 2.08 bits per heavy atom. The average molecular weight is 372 g/mol. The summed E-state index contributed by atoms with van der Waals surface area (Å²) in [5.74, 6) is -0.597. The quantitative estimate of drug-likeness (QED) is 0.368. The number of halogens is 4. The first kappa shape index (κ1) is 18.8. The van der Waals surface area contributed by atoms with E-state index in [1.54, 1.807) is 0 Å². The Kier molecular flexibility index (Phi) is 5.14. The molecule has 26 heavy (non-hydrogen) atoms. The molecule has 136 valence electrons. The van der Waals surface area contributed by atoms with Crippen LogP contribution in [0.25, 0.3) is 0 Å². The van der Waals surface area contributed by atoms with Crippen LogP contribution in [0.2, 0.25) is 0 Å². The van der Waals surface area contributed by atoms with Crippen LogP contribution in [0.4, 0.5) is 34.6 Å². The summed E-state index contributed by atoms with van der Waals surface area (Å²) in [4.78, 5) is 19.6. The van der Waals surface area contributed by atoms with Crippen LogP contribution in [-0.4, -0.2) is 16.1 Å². The molecule has 8 nitrogen and oxygen atoms in total. The van der Waals surface area contributed by atoms with Gasteiger partial charge >= 0.3 is 17.6 Å². The molecule has 0 aliphatic carbocycles. The number of rotatable bonds is 5. The highest BCUT2D eigenvalue weighted by Crippen LogP contribution is 2.41. The van der Waals surface area contributed by atoms with Crippen molar-refractivity contribution in [2.45, 2.75) is 6.18 Å². The first-order chi connectivity index (χ1) is 12.1. The molecule has 0 aliphatic heterocycles. The molecule has 2 rings (SSSR count). The minimum atomic E-state index is -5.01. The zero-order valence-electron chi connectivity index (χ0n) is 12.5. The molecule has 2 aromatic carbocycles. The lowest BCUT2D eigenvalue weighted by Gasteiger charge is -2.09. The summed E-state index contributed by atoms with van der Waals surface area (Å²) in [5, 5.41) is 25.6. The zero-order chi connectivity index (χ0) is 19.5. The zero-order valence-corrected chi connectivity index (χ0v) is 12.5. The van der Waals surface area contributed by atoms with Crippen molar-refractivity contribution in [2.24, 2.45) is 5.10 Å². The summed E-state index contributed by atoms with van der Waals surface area (Å²) < 4.78 is 51.4. The maximum atomic E-state index is 13.0. The van der Waals surface area contributed by atoms with Gasteiger partial charge in [-0.2, -0.15) is 18.3 Å². The highest BCUT2D eigenvalue weighted by atomic mass is 19.4. The maximum absolute atomic E-state index is 13.0. The number of anilines is 1. The molecule has 2 aromatic rings. The molecular formula is C14H8F4N4O4. The number of nitrogens with zero attached hydrogens (tertiary/aromatic N) is 3. The lowest BCUT2D eigenvalue weighted by molar-refractivity contribution is -0.392. The highest BCUT2D eigenvalue weighted by molar-refractivity contribution is 5.82. The van der Waals surface area contributed by atoms with Crippen LogP contribution in [0.15, 0.2) is 41.5 Å². The largest absolute Gasteiger partial charge is 0.416 e. The monoisotopic (exact) mass is 372 g/mol. The van der Waals surface area contributed by atoms with E-state index in [2.05, 4.69) is 5.10 Å². The molecule has 1 N–H and O–H groups in total. The number of alkyl halides is 3. The van der Waals surface area contributed by atoms with Crippen LogP contribution in [0.5, 0.6) is 0 Å². The summed E-state index contributed by atoms with van der Waals surface area (Å²) in [6.45, 7) is 0. The van der Waals surface area contributed by atoms with Gasteiger partial charge in [0.25, 0.3) is 0 Å². The van der Waals surface area contributed by atoms with Crippen molar-refractivity contribution in [3.8, 4) is 0 Å². The van der Waals surface area contributed by atoms with Crippen LogP contribution in [0.1, 0.15) is 11.1 Å². The Morgan fingerprint density at radius 2 is 1.62 bits per heavy atom. The fraction of sp³-hybridized carbons (Fsp3) is 0.0714. The maximum Gasteiger partial charge on any atom is 0.416 e. The van der Waals surface area contributed by atoms with Crippen LogP contribution in [0.3, 0.4) is 0 Å². The predicted octanol–water partition coefficient (Wildman–Crippen LogP) is 4.11. The van der Waals surface area contributed by atoms with E-state index in [4.69, 9.17) is 0 Å². The molecule has 0 bridgehead atoms. The van der Waals surface area contributed by atoms with Gasteiger partial charge in [0.15, 0.2) is 0 Å². The summed E-state index contributed by atoms with van der Waals surface area (Å²) in [5.41, 5.74) is -2.53. The van der Waals surface area contributed by atoms with Crippen molar-refractivity contribution < 1.29 is 27.4 Å². The van der Waals surface area contributed by atoms with Gasteiger partial charge in [-0.1, -0.05) is 12.1 Å². The summed E-state index contributed by atoms with van der Waals surface area (Å²) in [7, 11) is 0. The van der Waals surface area contributed by atoms with E-state index in [0.29, 0.717) is 0 Å². The van der Waals surface area contributed by atoms with Crippen molar-refractivity contribution in [2.75, 3.05) is 5.43 Å². The molecular weight excluding hydrogens is 364 g/mol. The second-order valence-corrected chi connectivity index (χ2v) is 4.83. The van der Waals surface area contributed by atoms with Crippen molar-refractivity contribution in [1.82, 2.24) is 0 Å². The average Bonchev–Trinajstić information content (AvgIpc) is 2.53. The third-order valence-electron chi connectivity index (χ3n) is 3.06. The topological polar surface area (TPSA) is 111 Å². The summed E-state index contributed by atoms with van der Waals surface area (Å²) in [6.07, 6.45) is -4.02. The standard InChI is InChI=1S/C14H8F4N4O4/c15-10-3-1-2-8(4-10)7-19-20-13-11(21(23)24)5-9(14(16,17)18)6-12(13)22(25)26/h1-7,20H/b19-7-. The van der Waals surface area contributed by atoms with Crippen LogP contribution >= 0.6 is 0 Å². The molecule has 0 radical (unpaired) electrons. The van der Waals surface area contributed by atoms with Gasteiger partial charge in [-0.15, -0.1) is 0 Å². The second-order valence-electron chi connectivity index (χ2n) is 4.83. The number of benzene rings is 2. The van der Waals surface area contributed by atoms with E-state index in [9.17, 15) is 37.8 Å². The lowest BCUT2D eigenvalue weighted by atomic mass is 10.1. The first-order valence-electron chi connectivity index (χ1n) is 6.68. The number of hydrogen-bond donors (Lipinski definition) is 1. The Morgan fingerprint density at radius 1 is 1.04 bits per heavy atom. The number of nitrogens with one attached hydrogen (secondary N) is 1. The molecule has 0 aliphatic rings.